The zero-order valence-electron chi connectivity index (χ0n) is 9.73. The van der Waals surface area contributed by atoms with Crippen molar-refractivity contribution in [2.24, 2.45) is 0 Å². The molecule has 0 amide bonds. The Hall–Kier alpha value is -0.260. The Morgan fingerprint density at radius 1 is 0.923 bits per heavy atom. The van der Waals surface area contributed by atoms with Gasteiger partial charge in [0.1, 0.15) is 0 Å². The lowest BCUT2D eigenvalue weighted by Gasteiger charge is -2.01. The van der Waals surface area contributed by atoms with Crippen LogP contribution < -0.4 is 0 Å². The average molecular weight is 182 g/mol. The molecule has 0 fully saturated rings. The van der Waals surface area contributed by atoms with E-state index in [1.54, 1.807) is 5.57 Å². The Labute approximate surface area is 84.4 Å². The lowest BCUT2D eigenvalue weighted by atomic mass is 10.1. The van der Waals surface area contributed by atoms with Gasteiger partial charge in [0.05, 0.1) is 0 Å². The highest BCUT2D eigenvalue weighted by atomic mass is 14.0. The van der Waals surface area contributed by atoms with Gasteiger partial charge in [0, 0.05) is 0 Å². The predicted molar refractivity (Wildman–Crippen MR) is 62.0 cm³/mol. The van der Waals surface area contributed by atoms with Gasteiger partial charge in [0.2, 0.25) is 0 Å². The second-order valence-electron chi connectivity index (χ2n) is 4.01. The SMILES string of the molecule is C/C=C(\C)CCCCCCCCC. The minimum absolute atomic E-state index is 1.31. The molecule has 0 atom stereocenters. The van der Waals surface area contributed by atoms with Crippen molar-refractivity contribution in [1.29, 1.82) is 0 Å². The van der Waals surface area contributed by atoms with Crippen molar-refractivity contribution in [3.05, 3.63) is 11.6 Å². The summed E-state index contributed by atoms with van der Waals surface area (Å²) in [6.07, 6.45) is 13.5. The van der Waals surface area contributed by atoms with E-state index in [1.165, 1.54) is 51.4 Å². The quantitative estimate of drug-likeness (QED) is 0.362. The van der Waals surface area contributed by atoms with Crippen LogP contribution in [0, 0.1) is 0 Å². The molecular formula is C13H26. The molecule has 0 heterocycles. The van der Waals surface area contributed by atoms with Gasteiger partial charge in [-0.25, -0.2) is 0 Å². The fraction of sp³-hybridized carbons (Fsp3) is 0.846. The number of hydrogen-bond donors (Lipinski definition) is 0. The van der Waals surface area contributed by atoms with Crippen LogP contribution in [0.15, 0.2) is 11.6 Å². The van der Waals surface area contributed by atoms with Gasteiger partial charge < -0.3 is 0 Å². The van der Waals surface area contributed by atoms with E-state index in [0.717, 1.165) is 0 Å². The van der Waals surface area contributed by atoms with Gasteiger partial charge in [-0.15, -0.1) is 0 Å². The van der Waals surface area contributed by atoms with Gasteiger partial charge in [-0.3, -0.25) is 0 Å². The number of hydrogen-bond acceptors (Lipinski definition) is 0. The fourth-order valence-electron chi connectivity index (χ4n) is 1.51. The van der Waals surface area contributed by atoms with Gasteiger partial charge in [-0.05, 0) is 26.7 Å². The Bertz CT molecular complexity index is 122. The molecule has 0 radical (unpaired) electrons. The Kier molecular flexibility index (Phi) is 9.63. The molecule has 0 saturated carbocycles. The molecule has 13 heavy (non-hydrogen) atoms. The molecule has 0 spiro atoms. The molecule has 78 valence electrons. The normalized spacial score (nSPS) is 12.1. The maximum atomic E-state index is 2.27. The molecule has 0 aromatic heterocycles. The second-order valence-corrected chi connectivity index (χ2v) is 4.01. The van der Waals surface area contributed by atoms with Crippen molar-refractivity contribution in [1.82, 2.24) is 0 Å². The molecular weight excluding hydrogens is 156 g/mol. The van der Waals surface area contributed by atoms with Gasteiger partial charge in [-0.1, -0.05) is 57.1 Å². The summed E-state index contributed by atoms with van der Waals surface area (Å²) in [5.41, 5.74) is 1.55. The number of allylic oxidation sites excluding steroid dienone is 2. The lowest BCUT2D eigenvalue weighted by Crippen LogP contribution is -1.81. The first kappa shape index (κ1) is 12.7. The molecule has 0 N–H and O–H groups in total. The molecule has 0 bridgehead atoms. The molecule has 0 aliphatic rings. The first-order chi connectivity index (χ1) is 6.31. The molecule has 0 aromatic carbocycles. The summed E-state index contributed by atoms with van der Waals surface area (Å²) >= 11 is 0. The van der Waals surface area contributed by atoms with Crippen molar-refractivity contribution < 1.29 is 0 Å². The van der Waals surface area contributed by atoms with Crippen molar-refractivity contribution >= 4 is 0 Å². The maximum absolute atomic E-state index is 2.27. The highest BCUT2D eigenvalue weighted by molar-refractivity contribution is 4.94. The molecule has 0 heteroatoms. The first-order valence-corrected chi connectivity index (χ1v) is 5.93. The van der Waals surface area contributed by atoms with E-state index in [9.17, 15) is 0 Å². The number of rotatable bonds is 8. The lowest BCUT2D eigenvalue weighted by molar-refractivity contribution is 0.588. The summed E-state index contributed by atoms with van der Waals surface area (Å²) in [6.45, 7) is 6.64. The van der Waals surface area contributed by atoms with Gasteiger partial charge in [-0.2, -0.15) is 0 Å². The molecule has 0 aliphatic heterocycles. The Morgan fingerprint density at radius 2 is 1.46 bits per heavy atom. The third kappa shape index (κ3) is 9.66. The molecule has 0 rings (SSSR count). The summed E-state index contributed by atoms with van der Waals surface area (Å²) in [4.78, 5) is 0. The standard InChI is InChI=1S/C13H26/c1-4-6-7-8-9-10-11-12-13(3)5-2/h5H,4,6-12H2,1-3H3/b13-5+. The summed E-state index contributed by atoms with van der Waals surface area (Å²) in [5.74, 6) is 0. The Morgan fingerprint density at radius 3 is 2.00 bits per heavy atom. The van der Waals surface area contributed by atoms with Crippen molar-refractivity contribution in [3.63, 3.8) is 0 Å². The van der Waals surface area contributed by atoms with Gasteiger partial charge in [0.15, 0.2) is 0 Å². The third-order valence-corrected chi connectivity index (χ3v) is 2.67. The highest BCUT2D eigenvalue weighted by Gasteiger charge is 1.91. The van der Waals surface area contributed by atoms with E-state index < -0.39 is 0 Å². The first-order valence-electron chi connectivity index (χ1n) is 5.93. The highest BCUT2D eigenvalue weighted by Crippen LogP contribution is 2.11. The van der Waals surface area contributed by atoms with Crippen LogP contribution in [0.25, 0.3) is 0 Å². The summed E-state index contributed by atoms with van der Waals surface area (Å²) in [5, 5.41) is 0. The van der Waals surface area contributed by atoms with Gasteiger partial charge >= 0.3 is 0 Å². The average Bonchev–Trinajstić information content (AvgIpc) is 2.16. The van der Waals surface area contributed by atoms with Crippen LogP contribution in [0.4, 0.5) is 0 Å². The van der Waals surface area contributed by atoms with Gasteiger partial charge in [0.25, 0.3) is 0 Å². The largest absolute Gasteiger partial charge is 0.0887 e. The number of unbranched alkanes of at least 4 members (excludes halogenated alkanes) is 6. The second kappa shape index (κ2) is 9.83. The van der Waals surface area contributed by atoms with Crippen molar-refractivity contribution in [3.8, 4) is 0 Å². The third-order valence-electron chi connectivity index (χ3n) is 2.67. The molecule has 0 nitrogen and oxygen atoms in total. The zero-order valence-corrected chi connectivity index (χ0v) is 9.73. The fourth-order valence-corrected chi connectivity index (χ4v) is 1.51. The molecule has 0 aromatic rings. The van der Waals surface area contributed by atoms with Crippen LogP contribution in [0.3, 0.4) is 0 Å². The monoisotopic (exact) mass is 182 g/mol. The van der Waals surface area contributed by atoms with E-state index in [-0.39, 0.29) is 0 Å². The minimum atomic E-state index is 1.31. The zero-order chi connectivity index (χ0) is 9.94. The summed E-state index contributed by atoms with van der Waals surface area (Å²) in [7, 11) is 0. The topological polar surface area (TPSA) is 0 Å². The minimum Gasteiger partial charge on any atom is -0.0887 e. The Balaban J connectivity index is 3.00. The van der Waals surface area contributed by atoms with E-state index in [2.05, 4.69) is 26.8 Å². The summed E-state index contributed by atoms with van der Waals surface area (Å²) in [6, 6.07) is 0. The van der Waals surface area contributed by atoms with Crippen LogP contribution in [-0.4, -0.2) is 0 Å². The molecule has 0 unspecified atom stereocenters. The van der Waals surface area contributed by atoms with Crippen LogP contribution in [0.5, 0.6) is 0 Å². The maximum Gasteiger partial charge on any atom is -0.0323 e. The van der Waals surface area contributed by atoms with Crippen molar-refractivity contribution in [2.45, 2.75) is 72.1 Å². The van der Waals surface area contributed by atoms with E-state index in [0.29, 0.717) is 0 Å². The van der Waals surface area contributed by atoms with Crippen LogP contribution in [-0.2, 0) is 0 Å². The molecule has 0 saturated heterocycles. The van der Waals surface area contributed by atoms with Crippen molar-refractivity contribution in [2.75, 3.05) is 0 Å². The van der Waals surface area contributed by atoms with Crippen LogP contribution in [0.2, 0.25) is 0 Å². The van der Waals surface area contributed by atoms with Crippen LogP contribution in [0.1, 0.15) is 72.1 Å². The van der Waals surface area contributed by atoms with E-state index in [4.69, 9.17) is 0 Å². The smallest absolute Gasteiger partial charge is 0.0323 e. The summed E-state index contributed by atoms with van der Waals surface area (Å²) < 4.78 is 0. The molecule has 0 aliphatic carbocycles. The van der Waals surface area contributed by atoms with Crippen LogP contribution >= 0.6 is 0 Å². The van der Waals surface area contributed by atoms with E-state index >= 15 is 0 Å². The predicted octanol–water partition coefficient (Wildman–Crippen LogP) is 5.09. The van der Waals surface area contributed by atoms with E-state index in [1.807, 2.05) is 0 Å².